The number of hydrogen-bond donors (Lipinski definition) is 0. The van der Waals surface area contributed by atoms with Crippen molar-refractivity contribution in [2.24, 2.45) is 0 Å². The highest BCUT2D eigenvalue weighted by Gasteiger charge is 2.19. The van der Waals surface area contributed by atoms with E-state index in [9.17, 15) is 0 Å². The fraction of sp³-hybridized carbons (Fsp3) is 0.312. The maximum absolute atomic E-state index is 4.62. The zero-order valence-corrected chi connectivity index (χ0v) is 14.3. The van der Waals surface area contributed by atoms with Crippen LogP contribution in [-0.4, -0.2) is 56.0 Å². The van der Waals surface area contributed by atoms with Crippen LogP contribution in [0.5, 0.6) is 0 Å². The van der Waals surface area contributed by atoms with Gasteiger partial charge in [0.1, 0.15) is 24.3 Å². The van der Waals surface area contributed by atoms with Crippen molar-refractivity contribution in [3.05, 3.63) is 36.2 Å². The quantitative estimate of drug-likeness (QED) is 0.545. The van der Waals surface area contributed by atoms with Crippen LogP contribution in [0, 0.1) is 0 Å². The van der Waals surface area contributed by atoms with Crippen LogP contribution >= 0.6 is 11.3 Å². The van der Waals surface area contributed by atoms with Crippen LogP contribution in [0.15, 0.2) is 36.2 Å². The molecule has 0 aromatic carbocycles. The van der Waals surface area contributed by atoms with Gasteiger partial charge in [-0.05, 0) is 30.0 Å². The summed E-state index contributed by atoms with van der Waals surface area (Å²) in [5.74, 6) is 2.00. The third-order valence-corrected chi connectivity index (χ3v) is 5.39. The lowest BCUT2D eigenvalue weighted by atomic mass is 10.3. The van der Waals surface area contributed by atoms with Crippen molar-refractivity contribution in [3.8, 4) is 0 Å². The fourth-order valence-electron chi connectivity index (χ4n) is 3.25. The molecule has 1 saturated heterocycles. The van der Waals surface area contributed by atoms with Crippen LogP contribution in [-0.2, 0) is 0 Å². The SMILES string of the molecule is c1nc(N2CCCN(c3ccc4nncn4n3)CC2)c2sccc2n1. The molecule has 1 fully saturated rings. The third kappa shape index (κ3) is 2.56. The Morgan fingerprint density at radius 1 is 0.960 bits per heavy atom. The third-order valence-electron chi connectivity index (χ3n) is 4.49. The summed E-state index contributed by atoms with van der Waals surface area (Å²) in [6, 6.07) is 6.02. The Morgan fingerprint density at radius 2 is 1.88 bits per heavy atom. The molecular weight excluding hydrogens is 336 g/mol. The zero-order valence-electron chi connectivity index (χ0n) is 13.5. The van der Waals surface area contributed by atoms with Crippen molar-refractivity contribution < 1.29 is 0 Å². The number of hydrogen-bond acceptors (Lipinski definition) is 8. The van der Waals surface area contributed by atoms with Gasteiger partial charge in [-0.25, -0.2) is 9.97 Å². The lowest BCUT2D eigenvalue weighted by Crippen LogP contribution is -2.31. The number of nitrogens with zero attached hydrogens (tertiary/aromatic N) is 8. The summed E-state index contributed by atoms with van der Waals surface area (Å²) in [6.07, 6.45) is 4.35. The Morgan fingerprint density at radius 3 is 2.88 bits per heavy atom. The van der Waals surface area contributed by atoms with E-state index in [0.717, 1.165) is 55.4 Å². The van der Waals surface area contributed by atoms with Gasteiger partial charge in [0.05, 0.1) is 10.2 Å². The summed E-state index contributed by atoms with van der Waals surface area (Å²) in [6.45, 7) is 3.76. The van der Waals surface area contributed by atoms with E-state index in [1.54, 1.807) is 28.5 Å². The standard InChI is InChI=1S/C16H16N8S/c1-5-22(14-3-2-13-20-19-11-24(13)21-14)7-8-23(6-1)16-15-12(4-9-25-15)17-10-18-16/h2-4,9-11H,1,5-8H2. The minimum absolute atomic E-state index is 0.765. The minimum Gasteiger partial charge on any atom is -0.353 e. The van der Waals surface area contributed by atoms with Gasteiger partial charge in [-0.15, -0.1) is 26.6 Å². The van der Waals surface area contributed by atoms with E-state index < -0.39 is 0 Å². The fourth-order valence-corrected chi connectivity index (χ4v) is 4.11. The molecule has 8 nitrogen and oxygen atoms in total. The second kappa shape index (κ2) is 5.92. The number of fused-ring (bicyclic) bond motifs is 2. The van der Waals surface area contributed by atoms with Gasteiger partial charge >= 0.3 is 0 Å². The number of thiophene rings is 1. The van der Waals surface area contributed by atoms with E-state index in [-0.39, 0.29) is 0 Å². The molecule has 0 saturated carbocycles. The van der Waals surface area contributed by atoms with Crippen LogP contribution in [0.25, 0.3) is 15.9 Å². The van der Waals surface area contributed by atoms with Crippen LogP contribution in [0.1, 0.15) is 6.42 Å². The summed E-state index contributed by atoms with van der Waals surface area (Å²) in [5, 5.41) is 14.6. The summed E-state index contributed by atoms with van der Waals surface area (Å²) in [4.78, 5) is 13.6. The molecule has 5 heterocycles. The van der Waals surface area contributed by atoms with E-state index >= 15 is 0 Å². The first-order chi connectivity index (χ1) is 12.4. The van der Waals surface area contributed by atoms with Crippen molar-refractivity contribution in [1.82, 2.24) is 29.8 Å². The maximum Gasteiger partial charge on any atom is 0.177 e. The first-order valence-corrected chi connectivity index (χ1v) is 9.12. The molecule has 0 unspecified atom stereocenters. The van der Waals surface area contributed by atoms with Gasteiger partial charge in [0.25, 0.3) is 0 Å². The summed E-state index contributed by atoms with van der Waals surface area (Å²) < 4.78 is 2.89. The average molecular weight is 352 g/mol. The van der Waals surface area contributed by atoms with Gasteiger partial charge in [-0.1, -0.05) is 0 Å². The van der Waals surface area contributed by atoms with E-state index in [1.165, 1.54) is 4.70 Å². The molecule has 0 amide bonds. The second-order valence-electron chi connectivity index (χ2n) is 5.99. The van der Waals surface area contributed by atoms with Gasteiger partial charge in [0, 0.05) is 26.2 Å². The maximum atomic E-state index is 4.62. The topological polar surface area (TPSA) is 75.3 Å². The largest absolute Gasteiger partial charge is 0.353 e. The first kappa shape index (κ1) is 14.5. The predicted octanol–water partition coefficient (Wildman–Crippen LogP) is 1.85. The highest BCUT2D eigenvalue weighted by molar-refractivity contribution is 7.17. The lowest BCUT2D eigenvalue weighted by molar-refractivity contribution is 0.775. The van der Waals surface area contributed by atoms with Gasteiger partial charge in [0.2, 0.25) is 0 Å². The highest BCUT2D eigenvalue weighted by Crippen LogP contribution is 2.28. The minimum atomic E-state index is 0.765. The summed E-state index contributed by atoms with van der Waals surface area (Å²) in [5.41, 5.74) is 1.79. The van der Waals surface area contributed by atoms with Crippen molar-refractivity contribution in [2.45, 2.75) is 6.42 Å². The first-order valence-electron chi connectivity index (χ1n) is 8.24. The lowest BCUT2D eigenvalue weighted by Gasteiger charge is -2.23. The molecule has 5 rings (SSSR count). The smallest absolute Gasteiger partial charge is 0.177 e. The zero-order chi connectivity index (χ0) is 16.6. The Balaban J connectivity index is 1.40. The van der Waals surface area contributed by atoms with Crippen LogP contribution < -0.4 is 9.80 Å². The molecule has 0 N–H and O–H groups in total. The van der Waals surface area contributed by atoms with Crippen LogP contribution in [0.3, 0.4) is 0 Å². The van der Waals surface area contributed by atoms with Crippen molar-refractivity contribution in [1.29, 1.82) is 0 Å². The molecule has 0 aliphatic carbocycles. The Kier molecular flexibility index (Phi) is 3.44. The molecule has 25 heavy (non-hydrogen) atoms. The van der Waals surface area contributed by atoms with Crippen molar-refractivity contribution in [3.63, 3.8) is 0 Å². The molecule has 0 spiro atoms. The normalized spacial score (nSPS) is 15.8. The molecule has 9 heteroatoms. The summed E-state index contributed by atoms with van der Waals surface area (Å²) in [7, 11) is 0. The average Bonchev–Trinajstić information content (AvgIpc) is 3.24. The molecule has 4 aromatic heterocycles. The highest BCUT2D eigenvalue weighted by atomic mass is 32.1. The number of anilines is 2. The van der Waals surface area contributed by atoms with Crippen molar-refractivity contribution in [2.75, 3.05) is 36.0 Å². The van der Waals surface area contributed by atoms with Gasteiger partial charge in [0.15, 0.2) is 5.65 Å². The monoisotopic (exact) mass is 352 g/mol. The number of rotatable bonds is 2. The molecule has 4 aromatic rings. The Labute approximate surface area is 147 Å². The molecule has 1 aliphatic heterocycles. The van der Waals surface area contributed by atoms with Crippen LogP contribution in [0.2, 0.25) is 0 Å². The Hall–Kier alpha value is -2.81. The molecule has 126 valence electrons. The van der Waals surface area contributed by atoms with E-state index in [2.05, 4.69) is 40.4 Å². The molecular formula is C16H16N8S. The van der Waals surface area contributed by atoms with Crippen LogP contribution in [0.4, 0.5) is 11.6 Å². The van der Waals surface area contributed by atoms with Crippen molar-refractivity contribution >= 4 is 38.8 Å². The molecule has 0 atom stereocenters. The number of aromatic nitrogens is 6. The summed E-state index contributed by atoms with van der Waals surface area (Å²) >= 11 is 1.70. The van der Waals surface area contributed by atoms with Gasteiger partial charge in [-0.2, -0.15) is 4.52 Å². The van der Waals surface area contributed by atoms with Gasteiger partial charge in [-0.3, -0.25) is 0 Å². The van der Waals surface area contributed by atoms with Gasteiger partial charge < -0.3 is 9.80 Å². The predicted molar refractivity (Wildman–Crippen MR) is 97.2 cm³/mol. The van der Waals surface area contributed by atoms with E-state index in [4.69, 9.17) is 0 Å². The molecule has 0 radical (unpaired) electrons. The Bertz CT molecular complexity index is 1030. The second-order valence-corrected chi connectivity index (χ2v) is 6.90. The molecule has 0 bridgehead atoms. The van der Waals surface area contributed by atoms with E-state index in [1.807, 2.05) is 18.2 Å². The van der Waals surface area contributed by atoms with E-state index in [0.29, 0.717) is 0 Å². The molecule has 1 aliphatic rings.